The highest BCUT2D eigenvalue weighted by atomic mass is 32.2. The second-order valence-corrected chi connectivity index (χ2v) is 4.63. The van der Waals surface area contributed by atoms with Gasteiger partial charge in [-0.15, -0.1) is 0 Å². The standard InChI is InChI=1S/C12H19NS/c1-3-9-14-10-8-13-12-6-4-11(2)5-7-12/h4-7,13H,3,8-10H2,1-2H3. The molecule has 0 spiro atoms. The predicted molar refractivity (Wildman–Crippen MR) is 67.3 cm³/mol. The van der Waals surface area contributed by atoms with E-state index in [1.807, 2.05) is 11.8 Å². The van der Waals surface area contributed by atoms with Gasteiger partial charge in [-0.2, -0.15) is 11.8 Å². The zero-order valence-electron chi connectivity index (χ0n) is 9.05. The Morgan fingerprint density at radius 3 is 2.50 bits per heavy atom. The minimum absolute atomic E-state index is 1.06. The smallest absolute Gasteiger partial charge is 0.0340 e. The van der Waals surface area contributed by atoms with Crippen LogP contribution in [0.15, 0.2) is 24.3 Å². The van der Waals surface area contributed by atoms with Crippen LogP contribution in [0.3, 0.4) is 0 Å². The van der Waals surface area contributed by atoms with Crippen molar-refractivity contribution < 1.29 is 0 Å². The van der Waals surface area contributed by atoms with Crippen molar-refractivity contribution in [3.05, 3.63) is 29.8 Å². The summed E-state index contributed by atoms with van der Waals surface area (Å²) in [4.78, 5) is 0. The third-order valence-electron chi connectivity index (χ3n) is 1.98. The molecule has 1 nitrogen and oxygen atoms in total. The lowest BCUT2D eigenvalue weighted by Crippen LogP contribution is -2.04. The average Bonchev–Trinajstić information content (AvgIpc) is 2.21. The van der Waals surface area contributed by atoms with Crippen molar-refractivity contribution >= 4 is 17.4 Å². The molecule has 0 radical (unpaired) electrons. The molecule has 0 saturated heterocycles. The van der Waals surface area contributed by atoms with E-state index in [9.17, 15) is 0 Å². The van der Waals surface area contributed by atoms with Gasteiger partial charge in [-0.3, -0.25) is 0 Å². The largest absolute Gasteiger partial charge is 0.384 e. The highest BCUT2D eigenvalue weighted by Crippen LogP contribution is 2.09. The second-order valence-electron chi connectivity index (χ2n) is 3.41. The molecule has 1 rings (SSSR count). The lowest BCUT2D eigenvalue weighted by Gasteiger charge is -2.05. The van der Waals surface area contributed by atoms with Crippen molar-refractivity contribution in [2.75, 3.05) is 23.4 Å². The summed E-state index contributed by atoms with van der Waals surface area (Å²) in [5.41, 5.74) is 2.55. The Morgan fingerprint density at radius 2 is 1.86 bits per heavy atom. The first kappa shape index (κ1) is 11.4. The van der Waals surface area contributed by atoms with E-state index in [-0.39, 0.29) is 0 Å². The summed E-state index contributed by atoms with van der Waals surface area (Å²) < 4.78 is 0. The Morgan fingerprint density at radius 1 is 1.14 bits per heavy atom. The molecule has 0 saturated carbocycles. The summed E-state index contributed by atoms with van der Waals surface area (Å²) in [6.07, 6.45) is 1.27. The minimum Gasteiger partial charge on any atom is -0.384 e. The van der Waals surface area contributed by atoms with Crippen LogP contribution in [-0.4, -0.2) is 18.1 Å². The fraction of sp³-hybridized carbons (Fsp3) is 0.500. The molecule has 0 aromatic heterocycles. The third kappa shape index (κ3) is 4.56. The molecule has 0 aliphatic carbocycles. The number of aryl methyl sites for hydroxylation is 1. The highest BCUT2D eigenvalue weighted by molar-refractivity contribution is 7.99. The number of anilines is 1. The molecule has 1 N–H and O–H groups in total. The summed E-state index contributed by atoms with van der Waals surface area (Å²) in [7, 11) is 0. The molecule has 0 atom stereocenters. The second kappa shape index (κ2) is 6.77. The summed E-state index contributed by atoms with van der Waals surface area (Å²) in [5, 5.41) is 3.41. The molecule has 14 heavy (non-hydrogen) atoms. The molecular weight excluding hydrogens is 190 g/mol. The number of benzene rings is 1. The van der Waals surface area contributed by atoms with Crippen LogP contribution in [0.25, 0.3) is 0 Å². The average molecular weight is 209 g/mol. The van der Waals surface area contributed by atoms with Crippen molar-refractivity contribution in [1.29, 1.82) is 0 Å². The van der Waals surface area contributed by atoms with E-state index in [0.29, 0.717) is 0 Å². The lowest BCUT2D eigenvalue weighted by molar-refractivity contribution is 1.10. The van der Waals surface area contributed by atoms with Crippen LogP contribution in [0.4, 0.5) is 5.69 Å². The Hall–Kier alpha value is -0.630. The molecule has 0 aliphatic rings. The van der Waals surface area contributed by atoms with E-state index in [0.717, 1.165) is 6.54 Å². The molecule has 0 amide bonds. The summed E-state index contributed by atoms with van der Waals surface area (Å²) in [5.74, 6) is 2.47. The van der Waals surface area contributed by atoms with Crippen molar-refractivity contribution in [2.24, 2.45) is 0 Å². The van der Waals surface area contributed by atoms with Crippen LogP contribution in [-0.2, 0) is 0 Å². The van der Waals surface area contributed by atoms with Gasteiger partial charge in [-0.1, -0.05) is 24.6 Å². The fourth-order valence-corrected chi connectivity index (χ4v) is 1.92. The molecule has 0 fully saturated rings. The molecule has 1 aromatic carbocycles. The topological polar surface area (TPSA) is 12.0 Å². The maximum absolute atomic E-state index is 3.41. The van der Waals surface area contributed by atoms with Crippen molar-refractivity contribution in [2.45, 2.75) is 20.3 Å². The van der Waals surface area contributed by atoms with Crippen LogP contribution in [0, 0.1) is 6.92 Å². The van der Waals surface area contributed by atoms with Crippen molar-refractivity contribution in [3.8, 4) is 0 Å². The molecular formula is C12H19NS. The van der Waals surface area contributed by atoms with Gasteiger partial charge in [-0.25, -0.2) is 0 Å². The summed E-state index contributed by atoms with van der Waals surface area (Å²) in [6.45, 7) is 5.40. The Balaban J connectivity index is 2.15. The first-order valence-electron chi connectivity index (χ1n) is 5.21. The van der Waals surface area contributed by atoms with Gasteiger partial charge in [0, 0.05) is 18.0 Å². The molecule has 0 heterocycles. The quantitative estimate of drug-likeness (QED) is 0.719. The van der Waals surface area contributed by atoms with E-state index in [1.54, 1.807) is 0 Å². The SMILES string of the molecule is CCCSCCNc1ccc(C)cc1. The van der Waals surface area contributed by atoms with E-state index >= 15 is 0 Å². The van der Waals surface area contributed by atoms with E-state index in [4.69, 9.17) is 0 Å². The van der Waals surface area contributed by atoms with Gasteiger partial charge in [-0.05, 0) is 31.2 Å². The Kier molecular flexibility index (Phi) is 5.53. The van der Waals surface area contributed by atoms with Gasteiger partial charge < -0.3 is 5.32 Å². The van der Waals surface area contributed by atoms with Crippen molar-refractivity contribution in [3.63, 3.8) is 0 Å². The van der Waals surface area contributed by atoms with E-state index in [1.165, 1.54) is 29.2 Å². The maximum Gasteiger partial charge on any atom is 0.0340 e. The maximum atomic E-state index is 3.41. The molecule has 0 aliphatic heterocycles. The normalized spacial score (nSPS) is 10.1. The predicted octanol–water partition coefficient (Wildman–Crippen LogP) is 3.55. The number of thioether (sulfide) groups is 1. The van der Waals surface area contributed by atoms with Gasteiger partial charge in [0.25, 0.3) is 0 Å². The van der Waals surface area contributed by atoms with Crippen LogP contribution in [0.5, 0.6) is 0 Å². The van der Waals surface area contributed by atoms with Gasteiger partial charge in [0.05, 0.1) is 0 Å². The molecule has 78 valence electrons. The first-order valence-corrected chi connectivity index (χ1v) is 6.36. The Labute approximate surface area is 91.3 Å². The monoisotopic (exact) mass is 209 g/mol. The fourth-order valence-electron chi connectivity index (χ4n) is 1.19. The van der Waals surface area contributed by atoms with Gasteiger partial charge in [0.15, 0.2) is 0 Å². The molecule has 1 aromatic rings. The third-order valence-corrected chi connectivity index (χ3v) is 3.17. The highest BCUT2D eigenvalue weighted by Gasteiger charge is 1.91. The first-order chi connectivity index (χ1) is 6.83. The molecule has 0 unspecified atom stereocenters. The molecule has 0 bridgehead atoms. The van der Waals surface area contributed by atoms with Crippen LogP contribution < -0.4 is 5.32 Å². The minimum atomic E-state index is 1.06. The summed E-state index contributed by atoms with van der Waals surface area (Å²) in [6, 6.07) is 8.56. The number of hydrogen-bond donors (Lipinski definition) is 1. The van der Waals surface area contributed by atoms with Crippen molar-refractivity contribution in [1.82, 2.24) is 0 Å². The number of nitrogens with one attached hydrogen (secondary N) is 1. The van der Waals surface area contributed by atoms with Gasteiger partial charge in [0.1, 0.15) is 0 Å². The summed E-state index contributed by atoms with van der Waals surface area (Å²) >= 11 is 2.01. The van der Waals surface area contributed by atoms with Gasteiger partial charge in [0.2, 0.25) is 0 Å². The van der Waals surface area contributed by atoms with E-state index in [2.05, 4.69) is 43.4 Å². The van der Waals surface area contributed by atoms with Crippen LogP contribution >= 0.6 is 11.8 Å². The Bertz CT molecular complexity index is 243. The van der Waals surface area contributed by atoms with E-state index < -0.39 is 0 Å². The lowest BCUT2D eigenvalue weighted by atomic mass is 10.2. The van der Waals surface area contributed by atoms with Crippen LogP contribution in [0.2, 0.25) is 0 Å². The number of hydrogen-bond acceptors (Lipinski definition) is 2. The molecule has 2 heteroatoms. The zero-order chi connectivity index (χ0) is 10.2. The van der Waals surface area contributed by atoms with Crippen LogP contribution in [0.1, 0.15) is 18.9 Å². The van der Waals surface area contributed by atoms with Gasteiger partial charge >= 0.3 is 0 Å². The number of rotatable bonds is 6. The zero-order valence-corrected chi connectivity index (χ0v) is 9.86.